The van der Waals surface area contributed by atoms with Crippen LogP contribution < -0.4 is 5.32 Å². The van der Waals surface area contributed by atoms with E-state index >= 15 is 0 Å². The van der Waals surface area contributed by atoms with Gasteiger partial charge in [-0.05, 0) is 36.5 Å². The fourth-order valence-electron chi connectivity index (χ4n) is 2.03. The Balaban J connectivity index is 2.48. The Morgan fingerprint density at radius 2 is 2.00 bits per heavy atom. The van der Waals surface area contributed by atoms with Crippen molar-refractivity contribution in [2.24, 2.45) is 0 Å². The average molecular weight is 267 g/mol. The second-order valence-electron chi connectivity index (χ2n) is 4.07. The zero-order valence-corrected chi connectivity index (χ0v) is 11.2. The Bertz CT molecular complexity index is 536. The third-order valence-corrected chi connectivity index (χ3v) is 3.77. The summed E-state index contributed by atoms with van der Waals surface area (Å²) in [7, 11) is 0. The van der Waals surface area contributed by atoms with Gasteiger partial charge in [-0.25, -0.2) is 8.78 Å². The lowest BCUT2D eigenvalue weighted by molar-refractivity contribution is 0.483. The lowest BCUT2D eigenvalue weighted by atomic mass is 9.98. The van der Waals surface area contributed by atoms with E-state index in [2.05, 4.69) is 5.32 Å². The molecule has 0 spiro atoms. The summed E-state index contributed by atoms with van der Waals surface area (Å²) in [6.45, 7) is 4.63. The zero-order chi connectivity index (χ0) is 13.1. The highest BCUT2D eigenvalue weighted by Crippen LogP contribution is 2.30. The normalized spacial score (nSPS) is 12.7. The van der Waals surface area contributed by atoms with Gasteiger partial charge in [0.05, 0.1) is 6.04 Å². The van der Waals surface area contributed by atoms with Crippen LogP contribution in [0.15, 0.2) is 29.6 Å². The first-order valence-corrected chi connectivity index (χ1v) is 6.74. The molecule has 0 amide bonds. The van der Waals surface area contributed by atoms with Crippen molar-refractivity contribution in [3.63, 3.8) is 0 Å². The van der Waals surface area contributed by atoms with Crippen LogP contribution in [0.25, 0.3) is 0 Å². The number of hydrogen-bond acceptors (Lipinski definition) is 2. The van der Waals surface area contributed by atoms with Crippen molar-refractivity contribution < 1.29 is 8.78 Å². The molecule has 1 aromatic carbocycles. The van der Waals surface area contributed by atoms with Crippen molar-refractivity contribution in [3.8, 4) is 0 Å². The number of halogens is 2. The predicted molar refractivity (Wildman–Crippen MR) is 70.9 cm³/mol. The maximum absolute atomic E-state index is 13.9. The van der Waals surface area contributed by atoms with E-state index in [9.17, 15) is 8.78 Å². The molecule has 0 bridgehead atoms. The third-order valence-electron chi connectivity index (χ3n) is 2.91. The summed E-state index contributed by atoms with van der Waals surface area (Å²) in [5.41, 5.74) is 1.37. The molecule has 1 unspecified atom stereocenters. The molecule has 1 heterocycles. The van der Waals surface area contributed by atoms with Gasteiger partial charge in [0.15, 0.2) is 11.6 Å². The van der Waals surface area contributed by atoms with E-state index in [1.54, 1.807) is 23.5 Å². The van der Waals surface area contributed by atoms with Gasteiger partial charge in [0.1, 0.15) is 0 Å². The van der Waals surface area contributed by atoms with E-state index in [4.69, 9.17) is 0 Å². The Kier molecular flexibility index (Phi) is 4.09. The molecule has 2 aromatic rings. The molecule has 1 atom stereocenters. The van der Waals surface area contributed by atoms with E-state index in [-0.39, 0.29) is 6.04 Å². The van der Waals surface area contributed by atoms with Gasteiger partial charge < -0.3 is 5.32 Å². The van der Waals surface area contributed by atoms with Gasteiger partial charge in [-0.2, -0.15) is 0 Å². The van der Waals surface area contributed by atoms with Crippen molar-refractivity contribution >= 4 is 11.3 Å². The fourth-order valence-corrected chi connectivity index (χ4v) is 2.77. The van der Waals surface area contributed by atoms with Gasteiger partial charge >= 0.3 is 0 Å². The summed E-state index contributed by atoms with van der Waals surface area (Å²) in [4.78, 5) is 1.12. The highest BCUT2D eigenvalue weighted by Gasteiger charge is 2.21. The van der Waals surface area contributed by atoms with Crippen LogP contribution in [0.4, 0.5) is 8.78 Å². The zero-order valence-electron chi connectivity index (χ0n) is 10.3. The minimum Gasteiger partial charge on any atom is -0.306 e. The van der Waals surface area contributed by atoms with Crippen LogP contribution in [0.2, 0.25) is 0 Å². The molecular weight excluding hydrogens is 252 g/mol. The molecule has 18 heavy (non-hydrogen) atoms. The molecule has 4 heteroatoms. The van der Waals surface area contributed by atoms with Crippen LogP contribution in [0.1, 0.15) is 29.0 Å². The first-order valence-electron chi connectivity index (χ1n) is 5.86. The van der Waals surface area contributed by atoms with Crippen LogP contribution in [0.5, 0.6) is 0 Å². The van der Waals surface area contributed by atoms with Crippen molar-refractivity contribution in [3.05, 3.63) is 57.3 Å². The topological polar surface area (TPSA) is 12.0 Å². The molecule has 1 nitrogen and oxygen atoms in total. The number of benzene rings is 1. The van der Waals surface area contributed by atoms with Gasteiger partial charge in [0, 0.05) is 10.4 Å². The summed E-state index contributed by atoms with van der Waals surface area (Å²) in [5, 5.41) is 5.17. The minimum absolute atomic E-state index is 0.294. The number of hydrogen-bond donors (Lipinski definition) is 1. The standard InChI is InChI=1S/C14H15F2NS/c1-3-17-14(10-7-8-18-9(10)2)11-5-4-6-12(15)13(11)16/h4-8,14,17H,3H2,1-2H3. The molecule has 0 aliphatic rings. The summed E-state index contributed by atoms with van der Waals surface area (Å²) >= 11 is 1.61. The molecule has 0 radical (unpaired) electrons. The Morgan fingerprint density at radius 3 is 2.61 bits per heavy atom. The Hall–Kier alpha value is -1.26. The number of nitrogens with one attached hydrogen (secondary N) is 1. The first kappa shape index (κ1) is 13.2. The molecule has 0 aliphatic carbocycles. The van der Waals surface area contributed by atoms with Crippen LogP contribution in [-0.4, -0.2) is 6.54 Å². The van der Waals surface area contributed by atoms with Crippen LogP contribution in [0.3, 0.4) is 0 Å². The van der Waals surface area contributed by atoms with E-state index in [0.29, 0.717) is 12.1 Å². The second kappa shape index (κ2) is 5.59. The van der Waals surface area contributed by atoms with E-state index in [0.717, 1.165) is 16.5 Å². The second-order valence-corrected chi connectivity index (χ2v) is 5.19. The predicted octanol–water partition coefficient (Wildman–Crippen LogP) is 4.03. The van der Waals surface area contributed by atoms with Crippen molar-refractivity contribution in [1.29, 1.82) is 0 Å². The largest absolute Gasteiger partial charge is 0.306 e. The summed E-state index contributed by atoms with van der Waals surface area (Å²) < 4.78 is 27.2. The van der Waals surface area contributed by atoms with Gasteiger partial charge in [-0.15, -0.1) is 11.3 Å². The lowest BCUT2D eigenvalue weighted by Crippen LogP contribution is -2.23. The minimum atomic E-state index is -0.803. The molecule has 0 fully saturated rings. The molecule has 0 aliphatic heterocycles. The van der Waals surface area contributed by atoms with E-state index < -0.39 is 11.6 Å². The molecular formula is C14H15F2NS. The quantitative estimate of drug-likeness (QED) is 0.881. The third kappa shape index (κ3) is 2.44. The van der Waals surface area contributed by atoms with Crippen molar-refractivity contribution in [2.75, 3.05) is 6.54 Å². The molecule has 96 valence electrons. The maximum atomic E-state index is 13.9. The summed E-state index contributed by atoms with van der Waals surface area (Å²) in [6.07, 6.45) is 0. The average Bonchev–Trinajstić information content (AvgIpc) is 2.76. The molecule has 0 saturated carbocycles. The van der Waals surface area contributed by atoms with Gasteiger partial charge in [-0.3, -0.25) is 0 Å². The van der Waals surface area contributed by atoms with Crippen molar-refractivity contribution in [2.45, 2.75) is 19.9 Å². The van der Waals surface area contributed by atoms with Crippen LogP contribution in [-0.2, 0) is 0 Å². The van der Waals surface area contributed by atoms with E-state index in [1.165, 1.54) is 0 Å². The van der Waals surface area contributed by atoms with Crippen LogP contribution >= 0.6 is 11.3 Å². The summed E-state index contributed by atoms with van der Waals surface area (Å²) in [6, 6.07) is 5.97. The lowest BCUT2D eigenvalue weighted by Gasteiger charge is -2.19. The number of thiophene rings is 1. The molecule has 2 rings (SSSR count). The molecule has 1 aromatic heterocycles. The van der Waals surface area contributed by atoms with Crippen molar-refractivity contribution in [1.82, 2.24) is 5.32 Å². The number of rotatable bonds is 4. The van der Waals surface area contributed by atoms with Gasteiger partial charge in [0.2, 0.25) is 0 Å². The van der Waals surface area contributed by atoms with Crippen LogP contribution in [0, 0.1) is 18.6 Å². The van der Waals surface area contributed by atoms with Gasteiger partial charge in [-0.1, -0.05) is 19.1 Å². The Labute approximate surface area is 109 Å². The van der Waals surface area contributed by atoms with Gasteiger partial charge in [0.25, 0.3) is 0 Å². The monoisotopic (exact) mass is 267 g/mol. The first-order chi connectivity index (χ1) is 8.65. The highest BCUT2D eigenvalue weighted by atomic mass is 32.1. The summed E-state index contributed by atoms with van der Waals surface area (Å²) in [5.74, 6) is -1.57. The number of aryl methyl sites for hydroxylation is 1. The fraction of sp³-hybridized carbons (Fsp3) is 0.286. The smallest absolute Gasteiger partial charge is 0.163 e. The molecule has 0 saturated heterocycles. The highest BCUT2D eigenvalue weighted by molar-refractivity contribution is 7.10. The Morgan fingerprint density at radius 1 is 1.22 bits per heavy atom. The maximum Gasteiger partial charge on any atom is 0.163 e. The SMILES string of the molecule is CCNC(c1ccsc1C)c1cccc(F)c1F. The van der Waals surface area contributed by atoms with E-state index in [1.807, 2.05) is 25.3 Å². The molecule has 1 N–H and O–H groups in total.